The van der Waals surface area contributed by atoms with E-state index < -0.39 is 5.97 Å². The third kappa shape index (κ3) is 9.65. The van der Waals surface area contributed by atoms with Gasteiger partial charge in [0.2, 0.25) is 0 Å². The maximum absolute atomic E-state index is 12.7. The van der Waals surface area contributed by atoms with E-state index in [2.05, 4.69) is 33.2 Å². The van der Waals surface area contributed by atoms with Crippen LogP contribution in [0.2, 0.25) is 5.02 Å². The molecular formula is C28H35ClFO3PS. The molecular weight excluding hydrogens is 502 g/mol. The van der Waals surface area contributed by atoms with Crippen molar-refractivity contribution in [2.24, 2.45) is 5.92 Å². The quantitative estimate of drug-likeness (QED) is 0.340. The van der Waals surface area contributed by atoms with Crippen LogP contribution in [0.15, 0.2) is 48.5 Å². The maximum atomic E-state index is 12.7. The fourth-order valence-electron chi connectivity index (χ4n) is 3.73. The number of aryl methyl sites for hydroxylation is 2. The third-order valence-electron chi connectivity index (χ3n) is 5.80. The largest absolute Gasteiger partial charge is 0.477 e. The monoisotopic (exact) mass is 536 g/mol. The van der Waals surface area contributed by atoms with Crippen molar-refractivity contribution in [2.45, 2.75) is 40.0 Å². The van der Waals surface area contributed by atoms with Gasteiger partial charge in [-0.3, -0.25) is 0 Å². The SMILES string of the molecule is CCC1CCOCC1.Cc1cc(-c2ccc(F)cc2)sc1C(=O)O.Cc1cc(Cl)ccc1P(C)C. The number of rotatable bonds is 4. The van der Waals surface area contributed by atoms with Crippen molar-refractivity contribution < 1.29 is 19.0 Å². The predicted octanol–water partition coefficient (Wildman–Crippen LogP) is 8.40. The third-order valence-corrected chi connectivity index (χ3v) is 8.77. The van der Waals surface area contributed by atoms with Crippen molar-refractivity contribution in [1.29, 1.82) is 0 Å². The Morgan fingerprint density at radius 1 is 1.09 bits per heavy atom. The van der Waals surface area contributed by atoms with Crippen LogP contribution >= 0.6 is 30.9 Å². The Hall–Kier alpha value is -1.78. The van der Waals surface area contributed by atoms with Crippen molar-refractivity contribution in [3.05, 3.63) is 75.4 Å². The number of ether oxygens (including phenoxy) is 1. The molecule has 0 bridgehead atoms. The molecule has 0 unspecified atom stereocenters. The van der Waals surface area contributed by atoms with Gasteiger partial charge >= 0.3 is 5.97 Å². The lowest BCUT2D eigenvalue weighted by molar-refractivity contribution is 0.0653. The summed E-state index contributed by atoms with van der Waals surface area (Å²) in [6, 6.07) is 13.9. The van der Waals surface area contributed by atoms with Crippen molar-refractivity contribution in [1.82, 2.24) is 0 Å². The molecule has 35 heavy (non-hydrogen) atoms. The van der Waals surface area contributed by atoms with Gasteiger partial charge in [-0.2, -0.15) is 0 Å². The number of carboxylic acid groups (broad SMARTS) is 1. The van der Waals surface area contributed by atoms with Crippen LogP contribution in [-0.4, -0.2) is 37.6 Å². The summed E-state index contributed by atoms with van der Waals surface area (Å²) in [5, 5.41) is 11.2. The first-order valence-corrected chi connectivity index (χ1v) is 15.2. The van der Waals surface area contributed by atoms with Crippen LogP contribution < -0.4 is 5.30 Å². The first-order valence-electron chi connectivity index (χ1n) is 11.7. The van der Waals surface area contributed by atoms with Gasteiger partial charge in [-0.15, -0.1) is 11.3 Å². The Kier molecular flexibility index (Phi) is 12.4. The minimum absolute atomic E-state index is 0.0126. The average molecular weight is 537 g/mol. The van der Waals surface area contributed by atoms with E-state index in [0.717, 1.165) is 40.2 Å². The molecule has 1 aliphatic rings. The second kappa shape index (κ2) is 14.7. The Morgan fingerprint density at radius 2 is 1.71 bits per heavy atom. The topological polar surface area (TPSA) is 46.5 Å². The molecule has 3 aromatic rings. The standard InChI is InChI=1S/C12H9FO2S.C9H12ClP.C7H14O/c1-7-6-10(16-11(7)12(14)15)8-2-4-9(13)5-3-8;1-7-6-8(10)4-5-9(7)11(2)3;1-2-7-3-5-8-6-4-7/h2-6H,1H3,(H,14,15);4-6H,1-3H3;7H,2-6H2,1H3. The van der Waals surface area contributed by atoms with E-state index in [1.165, 1.54) is 53.6 Å². The van der Waals surface area contributed by atoms with E-state index in [4.69, 9.17) is 21.4 Å². The second-order valence-electron chi connectivity index (χ2n) is 8.72. The second-order valence-corrected chi connectivity index (χ2v) is 12.5. The summed E-state index contributed by atoms with van der Waals surface area (Å²) >= 11 is 7.03. The van der Waals surface area contributed by atoms with Crippen LogP contribution in [0.4, 0.5) is 4.39 Å². The van der Waals surface area contributed by atoms with Gasteiger partial charge in [-0.05, 0) is 98.3 Å². The number of thiophene rings is 1. The highest BCUT2D eigenvalue weighted by molar-refractivity contribution is 7.64. The highest BCUT2D eigenvalue weighted by Crippen LogP contribution is 2.31. The molecule has 3 nitrogen and oxygen atoms in total. The molecule has 0 spiro atoms. The van der Waals surface area contributed by atoms with E-state index in [-0.39, 0.29) is 13.7 Å². The molecule has 1 fully saturated rings. The zero-order valence-electron chi connectivity index (χ0n) is 21.1. The van der Waals surface area contributed by atoms with Gasteiger partial charge in [0, 0.05) is 23.1 Å². The van der Waals surface area contributed by atoms with E-state index in [1.54, 1.807) is 25.1 Å². The van der Waals surface area contributed by atoms with E-state index in [0.29, 0.717) is 4.88 Å². The molecule has 7 heteroatoms. The number of benzene rings is 2. The number of carbonyl (C=O) groups is 1. The van der Waals surface area contributed by atoms with Crippen molar-refractivity contribution in [3.8, 4) is 10.4 Å². The molecule has 1 saturated heterocycles. The van der Waals surface area contributed by atoms with Gasteiger partial charge in [-0.25, -0.2) is 9.18 Å². The summed E-state index contributed by atoms with van der Waals surface area (Å²) in [6.45, 7) is 12.6. The van der Waals surface area contributed by atoms with Crippen molar-refractivity contribution in [3.63, 3.8) is 0 Å². The predicted molar refractivity (Wildman–Crippen MR) is 150 cm³/mol. The number of halogens is 2. The van der Waals surface area contributed by atoms with Crippen LogP contribution in [0, 0.1) is 25.6 Å². The molecule has 0 radical (unpaired) electrons. The lowest BCUT2D eigenvalue weighted by atomic mass is 9.98. The Labute approximate surface area is 219 Å². The first-order chi connectivity index (χ1) is 16.6. The number of carboxylic acids is 1. The summed E-state index contributed by atoms with van der Waals surface area (Å²) in [6.07, 6.45) is 3.91. The molecule has 0 aliphatic carbocycles. The molecule has 2 heterocycles. The van der Waals surface area contributed by atoms with E-state index >= 15 is 0 Å². The van der Waals surface area contributed by atoms with Crippen LogP contribution in [-0.2, 0) is 4.74 Å². The van der Waals surface area contributed by atoms with E-state index in [1.807, 2.05) is 12.1 Å². The fraction of sp³-hybridized carbons (Fsp3) is 0.393. The smallest absolute Gasteiger partial charge is 0.346 e. The van der Waals surface area contributed by atoms with Gasteiger partial charge < -0.3 is 9.84 Å². The minimum Gasteiger partial charge on any atom is -0.477 e. The first kappa shape index (κ1) is 29.5. The minimum atomic E-state index is -0.920. The van der Waals surface area contributed by atoms with Crippen molar-refractivity contribution in [2.75, 3.05) is 26.5 Å². The lowest BCUT2D eigenvalue weighted by Crippen LogP contribution is -2.14. The zero-order valence-corrected chi connectivity index (χ0v) is 23.6. The number of hydrogen-bond acceptors (Lipinski definition) is 3. The Bertz CT molecular complexity index is 1080. The molecule has 0 saturated carbocycles. The van der Waals surface area contributed by atoms with Gasteiger partial charge in [0.1, 0.15) is 10.7 Å². The zero-order chi connectivity index (χ0) is 26.0. The maximum Gasteiger partial charge on any atom is 0.346 e. The summed E-state index contributed by atoms with van der Waals surface area (Å²) in [4.78, 5) is 12.0. The van der Waals surface area contributed by atoms with Crippen LogP contribution in [0.25, 0.3) is 10.4 Å². The number of aromatic carboxylic acids is 1. The van der Waals surface area contributed by atoms with E-state index in [9.17, 15) is 9.18 Å². The van der Waals surface area contributed by atoms with Crippen molar-refractivity contribution >= 4 is 42.1 Å². The summed E-state index contributed by atoms with van der Waals surface area (Å²) in [7, 11) is 0.0126. The van der Waals surface area contributed by atoms with Gasteiger partial charge in [0.25, 0.3) is 0 Å². The highest BCUT2D eigenvalue weighted by atomic mass is 35.5. The summed E-state index contributed by atoms with van der Waals surface area (Å²) in [5.74, 6) is -0.255. The molecule has 1 aliphatic heterocycles. The molecule has 190 valence electrons. The number of hydrogen-bond donors (Lipinski definition) is 1. The normalized spacial score (nSPS) is 13.5. The fourth-order valence-corrected chi connectivity index (χ4v) is 6.11. The van der Waals surface area contributed by atoms with Gasteiger partial charge in [0.05, 0.1) is 0 Å². The molecule has 0 amide bonds. The van der Waals surface area contributed by atoms with Crippen LogP contribution in [0.3, 0.4) is 0 Å². The highest BCUT2D eigenvalue weighted by Gasteiger charge is 2.13. The average Bonchev–Trinajstić information content (AvgIpc) is 3.22. The molecule has 2 aromatic carbocycles. The molecule has 1 N–H and O–H groups in total. The van der Waals surface area contributed by atoms with Gasteiger partial charge in [0.15, 0.2) is 0 Å². The Morgan fingerprint density at radius 3 is 2.17 bits per heavy atom. The Balaban J connectivity index is 0.000000198. The summed E-state index contributed by atoms with van der Waals surface area (Å²) < 4.78 is 17.9. The molecule has 0 atom stereocenters. The summed E-state index contributed by atoms with van der Waals surface area (Å²) in [5.41, 5.74) is 2.88. The molecule has 4 rings (SSSR count). The molecule has 1 aromatic heterocycles. The lowest BCUT2D eigenvalue weighted by Gasteiger charge is -2.19. The van der Waals surface area contributed by atoms with Gasteiger partial charge in [-0.1, -0.05) is 51.1 Å². The van der Waals surface area contributed by atoms with Crippen LogP contribution in [0.1, 0.15) is 47.0 Å². The van der Waals surface area contributed by atoms with Crippen LogP contribution in [0.5, 0.6) is 0 Å².